The van der Waals surface area contributed by atoms with E-state index in [0.717, 1.165) is 55.8 Å². The summed E-state index contributed by atoms with van der Waals surface area (Å²) in [7, 11) is 1.64. The number of hydrogen-bond acceptors (Lipinski definition) is 5. The van der Waals surface area contributed by atoms with E-state index in [1.165, 1.54) is 0 Å². The fraction of sp³-hybridized carbons (Fsp3) is 0.345. The molecule has 1 aliphatic heterocycles. The van der Waals surface area contributed by atoms with Gasteiger partial charge in [-0.2, -0.15) is 0 Å². The van der Waals surface area contributed by atoms with Gasteiger partial charge in [0.25, 0.3) is 5.91 Å². The fourth-order valence-corrected chi connectivity index (χ4v) is 5.21. The molecule has 3 aromatic carbocycles. The maximum atomic E-state index is 12.8. The van der Waals surface area contributed by atoms with Crippen molar-refractivity contribution in [1.82, 2.24) is 4.90 Å². The van der Waals surface area contributed by atoms with Crippen molar-refractivity contribution in [2.75, 3.05) is 25.5 Å². The highest BCUT2D eigenvalue weighted by Gasteiger charge is 2.47. The smallest absolute Gasteiger partial charge is 0.254 e. The van der Waals surface area contributed by atoms with Gasteiger partial charge in [0.15, 0.2) is 11.5 Å². The Labute approximate surface area is 206 Å². The van der Waals surface area contributed by atoms with Crippen LogP contribution in [0, 0.1) is 12.3 Å². The number of aryl methyl sites for hydroxylation is 1. The van der Waals surface area contributed by atoms with Gasteiger partial charge in [-0.25, -0.2) is 0 Å². The number of likely N-dealkylation sites (tertiary alicyclic amines) is 1. The highest BCUT2D eigenvalue weighted by Crippen LogP contribution is 2.45. The number of nitrogens with one attached hydrogen (secondary N) is 1. The summed E-state index contributed by atoms with van der Waals surface area (Å²) in [5.74, 6) is 2.36. The molecule has 1 saturated carbocycles. The number of anilines is 1. The van der Waals surface area contributed by atoms with Gasteiger partial charge in [0.05, 0.1) is 7.11 Å². The van der Waals surface area contributed by atoms with Gasteiger partial charge in [-0.3, -0.25) is 4.79 Å². The molecule has 6 heteroatoms. The van der Waals surface area contributed by atoms with Crippen LogP contribution in [-0.4, -0.2) is 42.2 Å². The lowest BCUT2D eigenvalue weighted by atomic mass is 9.67. The highest BCUT2D eigenvalue weighted by molar-refractivity contribution is 5.95. The minimum Gasteiger partial charge on any atom is -0.508 e. The number of nitrogens with zero attached hydrogens (tertiary/aromatic N) is 1. The van der Waals surface area contributed by atoms with Crippen LogP contribution in [0.1, 0.15) is 41.6 Å². The van der Waals surface area contributed by atoms with Crippen molar-refractivity contribution in [1.29, 1.82) is 0 Å². The number of amides is 1. The largest absolute Gasteiger partial charge is 0.508 e. The first-order valence-electron chi connectivity index (χ1n) is 12.2. The molecule has 35 heavy (non-hydrogen) atoms. The van der Waals surface area contributed by atoms with E-state index >= 15 is 0 Å². The third-order valence-electron chi connectivity index (χ3n) is 7.36. The van der Waals surface area contributed by atoms with Gasteiger partial charge in [-0.1, -0.05) is 18.2 Å². The van der Waals surface area contributed by atoms with Crippen LogP contribution in [0.3, 0.4) is 0 Å². The fourth-order valence-electron chi connectivity index (χ4n) is 5.21. The second kappa shape index (κ2) is 9.53. The Balaban J connectivity index is 1.10. The summed E-state index contributed by atoms with van der Waals surface area (Å²) in [6, 6.07) is 21.3. The van der Waals surface area contributed by atoms with E-state index in [1.807, 2.05) is 48.2 Å². The van der Waals surface area contributed by atoms with E-state index in [1.54, 1.807) is 25.3 Å². The number of para-hydroxylation sites is 2. The van der Waals surface area contributed by atoms with Crippen molar-refractivity contribution in [2.24, 2.45) is 5.41 Å². The van der Waals surface area contributed by atoms with Gasteiger partial charge in [0.2, 0.25) is 0 Å². The first kappa shape index (κ1) is 23.1. The molecule has 182 valence electrons. The summed E-state index contributed by atoms with van der Waals surface area (Å²) >= 11 is 0. The summed E-state index contributed by atoms with van der Waals surface area (Å²) in [6.07, 6.45) is 4.41. The number of hydrogen-bond donors (Lipinski definition) is 2. The number of carbonyl (C=O) groups excluding carboxylic acids is 1. The number of phenols is 1. The molecule has 5 rings (SSSR count). The van der Waals surface area contributed by atoms with Crippen LogP contribution in [-0.2, 0) is 0 Å². The molecule has 2 N–H and O–H groups in total. The lowest BCUT2D eigenvalue weighted by Crippen LogP contribution is -2.60. The quantitative estimate of drug-likeness (QED) is 0.461. The minimum absolute atomic E-state index is 0.0154. The average molecular weight is 473 g/mol. The maximum absolute atomic E-state index is 12.8. The summed E-state index contributed by atoms with van der Waals surface area (Å²) in [4.78, 5) is 14.7. The predicted molar refractivity (Wildman–Crippen MR) is 137 cm³/mol. The van der Waals surface area contributed by atoms with Crippen molar-refractivity contribution >= 4 is 11.6 Å². The molecule has 1 saturated heterocycles. The molecule has 0 aromatic heterocycles. The molecule has 6 nitrogen and oxygen atoms in total. The lowest BCUT2D eigenvalue weighted by molar-refractivity contribution is -0.0171. The van der Waals surface area contributed by atoms with Gasteiger partial charge in [-0.15, -0.1) is 0 Å². The van der Waals surface area contributed by atoms with Crippen molar-refractivity contribution in [2.45, 2.75) is 38.6 Å². The normalized spacial score (nSPS) is 17.0. The Bertz CT molecular complexity index is 1190. The summed E-state index contributed by atoms with van der Waals surface area (Å²) in [6.45, 7) is 3.45. The molecular weight excluding hydrogens is 440 g/mol. The monoisotopic (exact) mass is 472 g/mol. The van der Waals surface area contributed by atoms with Crippen LogP contribution in [0.4, 0.5) is 5.69 Å². The van der Waals surface area contributed by atoms with Gasteiger partial charge < -0.3 is 24.8 Å². The van der Waals surface area contributed by atoms with Crippen LogP contribution in [0.2, 0.25) is 0 Å². The molecule has 0 radical (unpaired) electrons. The van der Waals surface area contributed by atoms with Gasteiger partial charge in [0, 0.05) is 35.8 Å². The van der Waals surface area contributed by atoms with Gasteiger partial charge in [-0.05, 0) is 86.7 Å². The third kappa shape index (κ3) is 4.92. The number of rotatable bonds is 6. The molecule has 1 heterocycles. The number of phenolic OH excluding ortho intramolecular Hbond substituents is 1. The van der Waals surface area contributed by atoms with Crippen LogP contribution in [0.25, 0.3) is 0 Å². The number of benzene rings is 3. The Hall–Kier alpha value is -3.67. The van der Waals surface area contributed by atoms with E-state index in [4.69, 9.17) is 9.47 Å². The highest BCUT2D eigenvalue weighted by atomic mass is 16.5. The second-order valence-corrected chi connectivity index (χ2v) is 9.86. The van der Waals surface area contributed by atoms with E-state index in [9.17, 15) is 9.90 Å². The second-order valence-electron chi connectivity index (χ2n) is 9.86. The van der Waals surface area contributed by atoms with Gasteiger partial charge in [0.1, 0.15) is 11.5 Å². The van der Waals surface area contributed by atoms with E-state index < -0.39 is 0 Å². The number of carbonyl (C=O) groups is 1. The maximum Gasteiger partial charge on any atom is 0.254 e. The molecule has 0 bridgehead atoms. The summed E-state index contributed by atoms with van der Waals surface area (Å²) in [5, 5.41) is 13.6. The molecule has 1 spiro atoms. The number of aromatic hydroxyl groups is 1. The molecule has 1 amide bonds. The molecule has 0 unspecified atom stereocenters. The van der Waals surface area contributed by atoms with E-state index in [0.29, 0.717) is 23.1 Å². The first-order chi connectivity index (χ1) is 16.9. The first-order valence-corrected chi connectivity index (χ1v) is 12.2. The lowest BCUT2D eigenvalue weighted by Gasteiger charge is -2.53. The molecule has 1 aliphatic carbocycles. The topological polar surface area (TPSA) is 71.0 Å². The van der Waals surface area contributed by atoms with Crippen LogP contribution >= 0.6 is 0 Å². The van der Waals surface area contributed by atoms with Crippen molar-refractivity contribution in [3.63, 3.8) is 0 Å². The Kier molecular flexibility index (Phi) is 6.29. The summed E-state index contributed by atoms with van der Waals surface area (Å²) < 4.78 is 11.3. The van der Waals surface area contributed by atoms with E-state index in [-0.39, 0.29) is 17.1 Å². The van der Waals surface area contributed by atoms with Crippen molar-refractivity contribution in [3.05, 3.63) is 77.9 Å². The zero-order chi connectivity index (χ0) is 24.4. The Morgan fingerprint density at radius 3 is 2.34 bits per heavy atom. The average Bonchev–Trinajstić information content (AvgIpc) is 2.86. The number of ether oxygens (including phenoxy) is 2. The van der Waals surface area contributed by atoms with E-state index in [2.05, 4.69) is 17.4 Å². The third-order valence-corrected chi connectivity index (χ3v) is 7.36. The molecule has 2 aliphatic rings. The van der Waals surface area contributed by atoms with Crippen LogP contribution in [0.5, 0.6) is 23.0 Å². The molecule has 2 fully saturated rings. The SMILES string of the molecule is COc1ccccc1Oc1ccc(NC2CCC3(CC2)CN(C(=O)c2ccc(C)c(O)c2)C3)cc1. The molecule has 3 aromatic rings. The van der Waals surface area contributed by atoms with Crippen LogP contribution < -0.4 is 14.8 Å². The molecular formula is C29H32N2O4. The summed E-state index contributed by atoms with van der Waals surface area (Å²) in [5.41, 5.74) is 2.68. The standard InChI is InChI=1S/C29H32N2O4/c1-20-7-8-21(17-25(20)32)28(33)31-18-29(19-31)15-13-23(14-16-29)30-22-9-11-24(12-10-22)35-27-6-4-3-5-26(27)34-2/h3-12,17,23,30,32H,13-16,18-19H2,1-2H3. The Morgan fingerprint density at radius 1 is 1.00 bits per heavy atom. The van der Waals surface area contributed by atoms with Crippen molar-refractivity contribution < 1.29 is 19.4 Å². The number of methoxy groups -OCH3 is 1. The van der Waals surface area contributed by atoms with Crippen LogP contribution in [0.15, 0.2) is 66.7 Å². The molecule has 0 atom stereocenters. The predicted octanol–water partition coefficient (Wildman–Crippen LogP) is 6.00. The minimum atomic E-state index is 0.0154. The van der Waals surface area contributed by atoms with Crippen molar-refractivity contribution in [3.8, 4) is 23.0 Å². The van der Waals surface area contributed by atoms with Gasteiger partial charge >= 0.3 is 0 Å². The zero-order valence-electron chi connectivity index (χ0n) is 20.3. The zero-order valence-corrected chi connectivity index (χ0v) is 20.3. The Morgan fingerprint density at radius 2 is 1.69 bits per heavy atom.